The van der Waals surface area contributed by atoms with E-state index in [4.69, 9.17) is 9.47 Å². The fourth-order valence-electron chi connectivity index (χ4n) is 4.43. The van der Waals surface area contributed by atoms with Crippen LogP contribution in [0.2, 0.25) is 0 Å². The highest BCUT2D eigenvalue weighted by atomic mass is 16.5. The number of alkyl carbamates (subject to hydrolysis) is 1. The number of benzene rings is 2. The summed E-state index contributed by atoms with van der Waals surface area (Å²) in [4.78, 5) is 38.5. The number of fused-ring (bicyclic) bond motifs is 3. The van der Waals surface area contributed by atoms with Crippen molar-refractivity contribution in [3.8, 4) is 11.1 Å². The Hall–Kier alpha value is -3.39. The second-order valence-corrected chi connectivity index (χ2v) is 8.92. The van der Waals surface area contributed by atoms with Crippen molar-refractivity contribution in [2.45, 2.75) is 38.6 Å². The topological polar surface area (TPSA) is 105 Å². The molecule has 0 aromatic heterocycles. The second kappa shape index (κ2) is 12.4. The van der Waals surface area contributed by atoms with Crippen LogP contribution in [0.5, 0.6) is 0 Å². The molecule has 1 aliphatic carbocycles. The molecular weight excluding hydrogens is 448 g/mol. The molecule has 1 aliphatic rings. The number of hydrogen-bond acceptors (Lipinski definition) is 5. The van der Waals surface area contributed by atoms with Gasteiger partial charge in [-0.25, -0.2) is 4.79 Å². The molecule has 0 aliphatic heterocycles. The Balaban J connectivity index is 1.71. The first kappa shape index (κ1) is 26.2. The number of carboxylic acid groups (broad SMARTS) is 1. The summed E-state index contributed by atoms with van der Waals surface area (Å²) < 4.78 is 10.6. The Morgan fingerprint density at radius 2 is 1.66 bits per heavy atom. The summed E-state index contributed by atoms with van der Waals surface area (Å²) >= 11 is 0. The quantitative estimate of drug-likeness (QED) is 0.476. The Bertz CT molecular complexity index is 994. The van der Waals surface area contributed by atoms with Crippen LogP contribution in [0.15, 0.2) is 48.5 Å². The average Bonchev–Trinajstić information content (AvgIpc) is 3.17. The maximum absolute atomic E-state index is 13.2. The first-order chi connectivity index (χ1) is 16.8. The van der Waals surface area contributed by atoms with E-state index in [0.717, 1.165) is 28.7 Å². The van der Waals surface area contributed by atoms with Crippen LogP contribution in [0, 0.1) is 5.92 Å². The third kappa shape index (κ3) is 6.60. The van der Waals surface area contributed by atoms with Crippen molar-refractivity contribution in [2.24, 2.45) is 5.92 Å². The molecule has 0 saturated heterocycles. The molecule has 35 heavy (non-hydrogen) atoms. The van der Waals surface area contributed by atoms with Gasteiger partial charge in [0.05, 0.1) is 6.61 Å². The van der Waals surface area contributed by atoms with Crippen LogP contribution in [0.1, 0.15) is 43.7 Å². The Kier molecular flexibility index (Phi) is 9.25. The van der Waals surface area contributed by atoms with E-state index in [1.165, 1.54) is 12.0 Å². The zero-order valence-corrected chi connectivity index (χ0v) is 20.5. The molecule has 0 fully saturated rings. The molecule has 0 saturated carbocycles. The number of ether oxygens (including phenoxy) is 2. The number of carbonyl (C=O) groups is 3. The van der Waals surface area contributed by atoms with Gasteiger partial charge in [-0.15, -0.1) is 0 Å². The number of hydrogen-bond donors (Lipinski definition) is 2. The minimum absolute atomic E-state index is 0.0953. The number of nitrogens with one attached hydrogen (secondary N) is 1. The highest BCUT2D eigenvalue weighted by Gasteiger charge is 2.31. The minimum atomic E-state index is -1.13. The summed E-state index contributed by atoms with van der Waals surface area (Å²) in [6, 6.07) is 15.2. The van der Waals surface area contributed by atoms with E-state index in [0.29, 0.717) is 6.42 Å². The van der Waals surface area contributed by atoms with E-state index in [-0.39, 0.29) is 31.6 Å². The van der Waals surface area contributed by atoms with Gasteiger partial charge in [0, 0.05) is 19.6 Å². The van der Waals surface area contributed by atoms with E-state index in [1.807, 2.05) is 50.2 Å². The van der Waals surface area contributed by atoms with Crippen LogP contribution in [0.3, 0.4) is 0 Å². The average molecular weight is 483 g/mol. The van der Waals surface area contributed by atoms with Crippen molar-refractivity contribution in [3.05, 3.63) is 59.7 Å². The molecule has 2 aromatic rings. The van der Waals surface area contributed by atoms with Crippen molar-refractivity contribution in [1.29, 1.82) is 0 Å². The summed E-state index contributed by atoms with van der Waals surface area (Å²) in [6.07, 6.45) is 0.492. The van der Waals surface area contributed by atoms with Crippen LogP contribution >= 0.6 is 0 Å². The predicted molar refractivity (Wildman–Crippen MR) is 132 cm³/mol. The van der Waals surface area contributed by atoms with Crippen molar-refractivity contribution in [1.82, 2.24) is 10.2 Å². The molecule has 8 heteroatoms. The van der Waals surface area contributed by atoms with Crippen molar-refractivity contribution >= 4 is 18.0 Å². The lowest BCUT2D eigenvalue weighted by Crippen LogP contribution is -2.51. The van der Waals surface area contributed by atoms with Gasteiger partial charge in [-0.3, -0.25) is 9.59 Å². The zero-order chi connectivity index (χ0) is 25.4. The maximum Gasteiger partial charge on any atom is 0.407 e. The van der Waals surface area contributed by atoms with Gasteiger partial charge >= 0.3 is 12.1 Å². The molecule has 8 nitrogen and oxygen atoms in total. The number of aliphatic carboxylic acids is 1. The van der Waals surface area contributed by atoms with E-state index < -0.39 is 30.6 Å². The molecule has 0 spiro atoms. The number of nitrogens with zero attached hydrogens (tertiary/aromatic N) is 1. The van der Waals surface area contributed by atoms with Crippen LogP contribution in [0.4, 0.5) is 4.79 Å². The van der Waals surface area contributed by atoms with E-state index >= 15 is 0 Å². The van der Waals surface area contributed by atoms with Gasteiger partial charge in [-0.1, -0.05) is 68.8 Å². The first-order valence-corrected chi connectivity index (χ1v) is 12.0. The summed E-state index contributed by atoms with van der Waals surface area (Å²) in [7, 11) is 1.48. The number of amides is 2. The molecular formula is C27H34N2O6. The zero-order valence-electron chi connectivity index (χ0n) is 20.5. The van der Waals surface area contributed by atoms with Gasteiger partial charge in [-0.2, -0.15) is 0 Å². The smallest absolute Gasteiger partial charge is 0.407 e. The molecule has 2 N–H and O–H groups in total. The van der Waals surface area contributed by atoms with Crippen molar-refractivity contribution < 1.29 is 29.0 Å². The lowest BCUT2D eigenvalue weighted by Gasteiger charge is -2.28. The predicted octanol–water partition coefficient (Wildman–Crippen LogP) is 3.89. The molecule has 0 bridgehead atoms. The summed E-state index contributed by atoms with van der Waals surface area (Å²) in [5.74, 6) is -1.54. The highest BCUT2D eigenvalue weighted by molar-refractivity contribution is 5.88. The van der Waals surface area contributed by atoms with Crippen molar-refractivity contribution in [2.75, 3.05) is 33.4 Å². The third-order valence-corrected chi connectivity index (χ3v) is 6.47. The summed E-state index contributed by atoms with van der Waals surface area (Å²) in [6.45, 7) is 3.96. The third-order valence-electron chi connectivity index (χ3n) is 6.47. The molecule has 188 valence electrons. The fourth-order valence-corrected chi connectivity index (χ4v) is 4.43. The summed E-state index contributed by atoms with van der Waals surface area (Å²) in [5.41, 5.74) is 4.45. The minimum Gasteiger partial charge on any atom is -0.480 e. The van der Waals surface area contributed by atoms with Crippen LogP contribution in [-0.2, 0) is 19.1 Å². The molecule has 2 aromatic carbocycles. The Labute approximate surface area is 206 Å². The molecule has 0 heterocycles. The number of methoxy groups -OCH3 is 1. The van der Waals surface area contributed by atoms with Gasteiger partial charge in [0.25, 0.3) is 0 Å². The van der Waals surface area contributed by atoms with Crippen LogP contribution in [-0.4, -0.2) is 67.4 Å². The number of carboxylic acids is 1. The van der Waals surface area contributed by atoms with Crippen LogP contribution in [0.25, 0.3) is 11.1 Å². The van der Waals surface area contributed by atoms with E-state index in [1.54, 1.807) is 0 Å². The molecule has 2 amide bonds. The largest absolute Gasteiger partial charge is 0.480 e. The normalized spacial score (nSPS) is 13.9. The standard InChI is InChI=1S/C27H34N2O6/c1-4-18(2)15-24(26(32)29(13-14-34-3)16-25(30)31)28-27(33)35-17-23-21-11-7-5-9-19(21)20-10-6-8-12-22(20)23/h5-12,18,23-24H,4,13-17H2,1-3H3,(H,28,33)(H,30,31). The van der Waals surface area contributed by atoms with Gasteiger partial charge in [0.1, 0.15) is 19.2 Å². The first-order valence-electron chi connectivity index (χ1n) is 12.0. The SMILES string of the molecule is CCC(C)CC(NC(=O)OCC1c2ccccc2-c2ccccc21)C(=O)N(CCOC)CC(=O)O. The molecule has 2 unspecified atom stereocenters. The van der Waals surface area contributed by atoms with Gasteiger partial charge in [0.2, 0.25) is 5.91 Å². The monoisotopic (exact) mass is 482 g/mol. The highest BCUT2D eigenvalue weighted by Crippen LogP contribution is 2.44. The van der Waals surface area contributed by atoms with Crippen molar-refractivity contribution in [3.63, 3.8) is 0 Å². The molecule has 2 atom stereocenters. The second-order valence-electron chi connectivity index (χ2n) is 8.92. The fraction of sp³-hybridized carbons (Fsp3) is 0.444. The lowest BCUT2D eigenvalue weighted by atomic mass is 9.98. The van der Waals surface area contributed by atoms with Crippen LogP contribution < -0.4 is 5.32 Å². The lowest BCUT2D eigenvalue weighted by molar-refractivity contribution is -0.145. The Morgan fingerprint density at radius 3 is 2.20 bits per heavy atom. The van der Waals surface area contributed by atoms with E-state index in [9.17, 15) is 19.5 Å². The van der Waals surface area contributed by atoms with E-state index in [2.05, 4.69) is 17.4 Å². The molecule has 3 rings (SSSR count). The van der Waals surface area contributed by atoms with Gasteiger partial charge < -0.3 is 24.8 Å². The Morgan fingerprint density at radius 1 is 1.06 bits per heavy atom. The summed E-state index contributed by atoms with van der Waals surface area (Å²) in [5, 5.41) is 11.9. The molecule has 0 radical (unpaired) electrons. The van der Waals surface area contributed by atoms with Gasteiger partial charge in [-0.05, 0) is 34.6 Å². The number of carbonyl (C=O) groups excluding carboxylic acids is 2. The maximum atomic E-state index is 13.2. The number of rotatable bonds is 12. The van der Waals surface area contributed by atoms with Gasteiger partial charge in [0.15, 0.2) is 0 Å².